The standard InChI is InChI=1S/C24H27N3O4/c1-30-24(29)17-3-2-4-20(8-17)31-22-10-19-14-27(13-18(19)9-21(22)28)12-15-7-16-5-6-25-23(16)26-11-15/h2-8,11,18-19,21-22,28H,9-10,12-14H2,1H3,(H,25,26)/t18-,19+,21+,22+/m0/s1. The first kappa shape index (κ1) is 20.0. The predicted molar refractivity (Wildman–Crippen MR) is 116 cm³/mol. The number of carbonyl (C=O) groups excluding carboxylic acids is 1. The van der Waals surface area contributed by atoms with Gasteiger partial charge < -0.3 is 19.6 Å². The van der Waals surface area contributed by atoms with Crippen molar-refractivity contribution < 1.29 is 19.4 Å². The highest BCUT2D eigenvalue weighted by molar-refractivity contribution is 5.89. The number of ether oxygens (including phenoxy) is 2. The number of hydrogen-bond donors (Lipinski definition) is 2. The van der Waals surface area contributed by atoms with Crippen molar-refractivity contribution in [3.05, 3.63) is 59.9 Å². The van der Waals surface area contributed by atoms with Gasteiger partial charge in [-0.1, -0.05) is 6.07 Å². The molecule has 0 unspecified atom stereocenters. The van der Waals surface area contributed by atoms with Gasteiger partial charge in [0.2, 0.25) is 0 Å². The molecule has 4 atom stereocenters. The molecule has 5 rings (SSSR count). The summed E-state index contributed by atoms with van der Waals surface area (Å²) in [6.07, 6.45) is 4.61. The topological polar surface area (TPSA) is 87.7 Å². The summed E-state index contributed by atoms with van der Waals surface area (Å²) in [7, 11) is 1.36. The lowest BCUT2D eigenvalue weighted by Gasteiger charge is -2.35. The molecule has 0 spiro atoms. The first-order valence-electron chi connectivity index (χ1n) is 10.8. The molecule has 2 N–H and O–H groups in total. The molecule has 7 nitrogen and oxygen atoms in total. The number of aliphatic hydroxyl groups excluding tert-OH is 1. The Kier molecular flexibility index (Phi) is 5.38. The highest BCUT2D eigenvalue weighted by Crippen LogP contribution is 2.38. The minimum atomic E-state index is -0.513. The molecule has 3 heterocycles. The number of fused-ring (bicyclic) bond motifs is 2. The van der Waals surface area contributed by atoms with Gasteiger partial charge in [-0.2, -0.15) is 0 Å². The third kappa shape index (κ3) is 4.16. The Morgan fingerprint density at radius 3 is 2.90 bits per heavy atom. The summed E-state index contributed by atoms with van der Waals surface area (Å²) in [6, 6.07) is 11.2. The van der Waals surface area contributed by atoms with Crippen molar-refractivity contribution in [3.8, 4) is 5.75 Å². The van der Waals surface area contributed by atoms with E-state index < -0.39 is 12.1 Å². The molecule has 0 radical (unpaired) electrons. The average molecular weight is 421 g/mol. The number of H-pyrrole nitrogens is 1. The lowest BCUT2D eigenvalue weighted by Crippen LogP contribution is -2.42. The highest BCUT2D eigenvalue weighted by Gasteiger charge is 2.42. The molecular weight excluding hydrogens is 394 g/mol. The summed E-state index contributed by atoms with van der Waals surface area (Å²) in [6.45, 7) is 2.84. The van der Waals surface area contributed by atoms with E-state index in [2.05, 4.69) is 20.9 Å². The van der Waals surface area contributed by atoms with E-state index in [0.29, 0.717) is 23.1 Å². The van der Waals surface area contributed by atoms with Crippen molar-refractivity contribution in [1.82, 2.24) is 14.9 Å². The Morgan fingerprint density at radius 1 is 1.23 bits per heavy atom. The van der Waals surface area contributed by atoms with E-state index >= 15 is 0 Å². The fourth-order valence-corrected chi connectivity index (χ4v) is 5.06. The van der Waals surface area contributed by atoms with E-state index in [0.717, 1.165) is 43.5 Å². The lowest BCUT2D eigenvalue weighted by atomic mass is 9.78. The van der Waals surface area contributed by atoms with Gasteiger partial charge in [0.05, 0.1) is 18.8 Å². The number of nitrogens with zero attached hydrogens (tertiary/aromatic N) is 2. The van der Waals surface area contributed by atoms with Crippen LogP contribution in [0.2, 0.25) is 0 Å². The number of hydrogen-bond acceptors (Lipinski definition) is 6. The molecule has 31 heavy (non-hydrogen) atoms. The predicted octanol–water partition coefficient (Wildman–Crippen LogP) is 3.00. The number of rotatable bonds is 5. The Hall–Kier alpha value is -2.90. The van der Waals surface area contributed by atoms with E-state index in [1.807, 2.05) is 24.5 Å². The first-order valence-corrected chi connectivity index (χ1v) is 10.8. The zero-order chi connectivity index (χ0) is 21.4. The summed E-state index contributed by atoms with van der Waals surface area (Å²) >= 11 is 0. The monoisotopic (exact) mass is 421 g/mol. The lowest BCUT2D eigenvalue weighted by molar-refractivity contribution is -0.0231. The molecule has 1 aliphatic carbocycles. The molecule has 0 bridgehead atoms. The van der Waals surface area contributed by atoms with Gasteiger partial charge in [-0.05, 0) is 60.6 Å². The van der Waals surface area contributed by atoms with Crippen LogP contribution in [0.5, 0.6) is 5.75 Å². The van der Waals surface area contributed by atoms with Gasteiger partial charge in [-0.3, -0.25) is 4.90 Å². The largest absolute Gasteiger partial charge is 0.488 e. The highest BCUT2D eigenvalue weighted by atomic mass is 16.5. The van der Waals surface area contributed by atoms with Gasteiger partial charge >= 0.3 is 5.97 Å². The number of aromatic amines is 1. The molecule has 2 fully saturated rings. The van der Waals surface area contributed by atoms with Crippen LogP contribution in [-0.2, 0) is 11.3 Å². The van der Waals surface area contributed by atoms with Gasteiger partial charge in [0, 0.05) is 37.4 Å². The molecule has 1 aromatic carbocycles. The number of likely N-dealkylation sites (tertiary alicyclic amines) is 1. The summed E-state index contributed by atoms with van der Waals surface area (Å²) < 4.78 is 10.9. The van der Waals surface area contributed by atoms with E-state index in [1.54, 1.807) is 18.2 Å². The fraction of sp³-hybridized carbons (Fsp3) is 0.417. The Bertz CT molecular complexity index is 1080. The van der Waals surface area contributed by atoms with Crippen LogP contribution in [0.15, 0.2) is 48.8 Å². The molecule has 2 aromatic heterocycles. The molecule has 1 saturated heterocycles. The van der Waals surface area contributed by atoms with Gasteiger partial charge in [-0.15, -0.1) is 0 Å². The van der Waals surface area contributed by atoms with Crippen molar-refractivity contribution in [2.45, 2.75) is 31.6 Å². The van der Waals surface area contributed by atoms with Crippen LogP contribution in [0.4, 0.5) is 0 Å². The van der Waals surface area contributed by atoms with E-state index in [-0.39, 0.29) is 6.10 Å². The van der Waals surface area contributed by atoms with Gasteiger partial charge in [0.15, 0.2) is 0 Å². The Balaban J connectivity index is 1.23. The Morgan fingerprint density at radius 2 is 2.06 bits per heavy atom. The van der Waals surface area contributed by atoms with Crippen LogP contribution in [0.25, 0.3) is 11.0 Å². The number of benzene rings is 1. The molecule has 1 aliphatic heterocycles. The third-order valence-corrected chi connectivity index (χ3v) is 6.57. The molecule has 3 aromatic rings. The van der Waals surface area contributed by atoms with E-state index in [1.165, 1.54) is 12.7 Å². The van der Waals surface area contributed by atoms with Crippen molar-refractivity contribution in [2.24, 2.45) is 11.8 Å². The number of nitrogens with one attached hydrogen (secondary N) is 1. The van der Waals surface area contributed by atoms with Gasteiger partial charge in [-0.25, -0.2) is 9.78 Å². The molecule has 1 saturated carbocycles. The second-order valence-corrected chi connectivity index (χ2v) is 8.69. The smallest absolute Gasteiger partial charge is 0.337 e. The summed E-state index contributed by atoms with van der Waals surface area (Å²) in [5, 5.41) is 11.9. The van der Waals surface area contributed by atoms with Crippen molar-refractivity contribution >= 4 is 17.0 Å². The molecule has 2 aliphatic rings. The number of carbonyl (C=O) groups is 1. The van der Waals surface area contributed by atoms with Crippen LogP contribution < -0.4 is 4.74 Å². The summed E-state index contributed by atoms with van der Waals surface area (Å²) in [4.78, 5) is 21.9. The molecule has 162 valence electrons. The van der Waals surface area contributed by atoms with Gasteiger partial charge in [0.1, 0.15) is 17.5 Å². The molecular formula is C24H27N3O4. The normalized spacial score (nSPS) is 26.0. The number of aromatic nitrogens is 2. The van der Waals surface area contributed by atoms with Crippen LogP contribution in [0.3, 0.4) is 0 Å². The van der Waals surface area contributed by atoms with Crippen LogP contribution in [0, 0.1) is 11.8 Å². The number of methoxy groups -OCH3 is 1. The van der Waals surface area contributed by atoms with E-state index in [4.69, 9.17) is 9.47 Å². The van der Waals surface area contributed by atoms with Gasteiger partial charge in [0.25, 0.3) is 0 Å². The fourth-order valence-electron chi connectivity index (χ4n) is 5.06. The second-order valence-electron chi connectivity index (χ2n) is 8.69. The van der Waals surface area contributed by atoms with Crippen molar-refractivity contribution in [3.63, 3.8) is 0 Å². The average Bonchev–Trinajstić information content (AvgIpc) is 3.39. The Labute approximate surface area is 181 Å². The van der Waals surface area contributed by atoms with Crippen molar-refractivity contribution in [2.75, 3.05) is 20.2 Å². The van der Waals surface area contributed by atoms with Crippen LogP contribution in [-0.4, -0.2) is 58.4 Å². The number of esters is 1. The quantitative estimate of drug-likeness (QED) is 0.616. The molecule has 7 heteroatoms. The summed E-state index contributed by atoms with van der Waals surface area (Å²) in [5.74, 6) is 1.15. The maximum atomic E-state index is 11.8. The third-order valence-electron chi connectivity index (χ3n) is 6.57. The number of pyridine rings is 1. The second kappa shape index (κ2) is 8.32. The van der Waals surface area contributed by atoms with E-state index in [9.17, 15) is 9.90 Å². The minimum Gasteiger partial charge on any atom is -0.488 e. The zero-order valence-electron chi connectivity index (χ0n) is 17.5. The zero-order valence-corrected chi connectivity index (χ0v) is 17.5. The van der Waals surface area contributed by atoms with Crippen LogP contribution >= 0.6 is 0 Å². The number of aliphatic hydroxyl groups is 1. The van der Waals surface area contributed by atoms with Crippen LogP contribution in [0.1, 0.15) is 28.8 Å². The molecule has 0 amide bonds. The SMILES string of the molecule is COC(=O)c1cccc(O[C@@H]2C[C@@H]3CN(Cc4cnc5[nH]ccc5c4)C[C@@H]3C[C@H]2O)c1. The first-order chi connectivity index (χ1) is 15.1. The van der Waals surface area contributed by atoms with Crippen molar-refractivity contribution in [1.29, 1.82) is 0 Å². The minimum absolute atomic E-state index is 0.271. The maximum absolute atomic E-state index is 11.8. The summed E-state index contributed by atoms with van der Waals surface area (Å²) in [5.41, 5.74) is 2.57. The maximum Gasteiger partial charge on any atom is 0.337 e.